The molecular weight excluding hydrogens is 303 g/mol. The summed E-state index contributed by atoms with van der Waals surface area (Å²) >= 11 is 11.7. The number of unbranched alkanes of at least 4 members (excludes halogenated alkanes) is 2. The molecule has 1 aliphatic carbocycles. The van der Waals surface area contributed by atoms with Gasteiger partial charge in [0.15, 0.2) is 0 Å². The molecule has 1 aromatic carbocycles. The zero-order valence-corrected chi connectivity index (χ0v) is 14.2. The molecule has 1 fully saturated rings. The van der Waals surface area contributed by atoms with Crippen molar-refractivity contribution < 1.29 is 4.79 Å². The SMILES string of the molecule is CCCCC[C@H]1CC[C@H](c2ccc(C(=O)Cl)c(Cl)c2)CC1. The first kappa shape index (κ1) is 16.8. The van der Waals surface area contributed by atoms with Crippen molar-refractivity contribution in [1.29, 1.82) is 0 Å². The Kier molecular flexibility index (Phi) is 6.57. The number of benzene rings is 1. The van der Waals surface area contributed by atoms with Gasteiger partial charge < -0.3 is 0 Å². The van der Waals surface area contributed by atoms with Crippen molar-refractivity contribution in [3.05, 3.63) is 34.3 Å². The minimum Gasteiger partial charge on any atom is -0.276 e. The molecule has 1 aliphatic rings. The summed E-state index contributed by atoms with van der Waals surface area (Å²) in [6.07, 6.45) is 10.6. The Labute approximate surface area is 138 Å². The smallest absolute Gasteiger partial charge is 0.253 e. The van der Waals surface area contributed by atoms with Crippen LogP contribution in [0, 0.1) is 5.92 Å². The lowest BCUT2D eigenvalue weighted by atomic mass is 9.77. The standard InChI is InChI=1S/C18H24Cl2O/c1-2-3-4-5-13-6-8-14(9-7-13)15-10-11-16(18(20)21)17(19)12-15/h10-14H,2-9H2,1H3/t13-,14-. The molecule has 2 rings (SSSR count). The minimum atomic E-state index is -0.480. The lowest BCUT2D eigenvalue weighted by Crippen LogP contribution is -2.13. The van der Waals surface area contributed by atoms with Crippen LogP contribution in [0.25, 0.3) is 0 Å². The van der Waals surface area contributed by atoms with Crippen molar-refractivity contribution in [1.82, 2.24) is 0 Å². The predicted octanol–water partition coefficient (Wildman–Crippen LogP) is 6.57. The summed E-state index contributed by atoms with van der Waals surface area (Å²) in [6.45, 7) is 2.26. The van der Waals surface area contributed by atoms with Gasteiger partial charge in [0.25, 0.3) is 5.24 Å². The molecule has 116 valence electrons. The van der Waals surface area contributed by atoms with E-state index in [1.807, 2.05) is 12.1 Å². The van der Waals surface area contributed by atoms with E-state index in [9.17, 15) is 4.79 Å². The van der Waals surface area contributed by atoms with Crippen molar-refractivity contribution in [2.24, 2.45) is 5.92 Å². The first-order valence-electron chi connectivity index (χ1n) is 8.11. The van der Waals surface area contributed by atoms with Gasteiger partial charge in [0, 0.05) is 0 Å². The first-order chi connectivity index (χ1) is 10.1. The van der Waals surface area contributed by atoms with Gasteiger partial charge in [0.2, 0.25) is 0 Å². The fourth-order valence-corrected chi connectivity index (χ4v) is 3.90. The van der Waals surface area contributed by atoms with Crippen LogP contribution in [0.1, 0.15) is 80.1 Å². The zero-order chi connectivity index (χ0) is 15.2. The van der Waals surface area contributed by atoms with Gasteiger partial charge in [-0.05, 0) is 66.8 Å². The van der Waals surface area contributed by atoms with Crippen molar-refractivity contribution in [3.63, 3.8) is 0 Å². The van der Waals surface area contributed by atoms with E-state index in [1.54, 1.807) is 6.07 Å². The molecule has 0 aromatic heterocycles. The van der Waals surface area contributed by atoms with Gasteiger partial charge in [-0.15, -0.1) is 0 Å². The Bertz CT molecular complexity index is 476. The maximum Gasteiger partial charge on any atom is 0.253 e. The summed E-state index contributed by atoms with van der Waals surface area (Å²) in [5.41, 5.74) is 1.67. The molecule has 0 spiro atoms. The average Bonchev–Trinajstić information content (AvgIpc) is 2.48. The van der Waals surface area contributed by atoms with E-state index in [2.05, 4.69) is 6.92 Å². The first-order valence-corrected chi connectivity index (χ1v) is 8.86. The molecule has 0 radical (unpaired) electrons. The van der Waals surface area contributed by atoms with Crippen LogP contribution < -0.4 is 0 Å². The molecule has 0 heterocycles. The van der Waals surface area contributed by atoms with E-state index in [0.29, 0.717) is 16.5 Å². The van der Waals surface area contributed by atoms with Gasteiger partial charge in [-0.25, -0.2) is 0 Å². The van der Waals surface area contributed by atoms with Crippen LogP contribution in [0.15, 0.2) is 18.2 Å². The molecule has 3 heteroatoms. The topological polar surface area (TPSA) is 17.1 Å². The maximum atomic E-state index is 11.2. The number of hydrogen-bond acceptors (Lipinski definition) is 1. The molecular formula is C18H24Cl2O. The second kappa shape index (κ2) is 8.19. The quantitative estimate of drug-likeness (QED) is 0.426. The summed E-state index contributed by atoms with van der Waals surface area (Å²) in [5, 5.41) is 0.00347. The summed E-state index contributed by atoms with van der Waals surface area (Å²) in [5.74, 6) is 1.50. The van der Waals surface area contributed by atoms with Gasteiger partial charge >= 0.3 is 0 Å². The van der Waals surface area contributed by atoms with Crippen LogP contribution in [-0.2, 0) is 0 Å². The monoisotopic (exact) mass is 326 g/mol. The highest BCUT2D eigenvalue weighted by atomic mass is 35.5. The van der Waals surface area contributed by atoms with Crippen LogP contribution in [-0.4, -0.2) is 5.24 Å². The highest BCUT2D eigenvalue weighted by Gasteiger charge is 2.22. The summed E-state index contributed by atoms with van der Waals surface area (Å²) < 4.78 is 0. The third-order valence-electron chi connectivity index (χ3n) is 4.74. The van der Waals surface area contributed by atoms with Crippen LogP contribution >= 0.6 is 23.2 Å². The molecule has 1 saturated carbocycles. The summed E-state index contributed by atoms with van der Waals surface area (Å²) in [7, 11) is 0. The molecule has 0 unspecified atom stereocenters. The van der Waals surface area contributed by atoms with Gasteiger partial charge in [-0.1, -0.05) is 50.3 Å². The van der Waals surface area contributed by atoms with E-state index in [-0.39, 0.29) is 0 Å². The molecule has 0 atom stereocenters. The van der Waals surface area contributed by atoms with Crippen molar-refractivity contribution in [2.45, 2.75) is 64.2 Å². The van der Waals surface area contributed by atoms with Crippen molar-refractivity contribution in [2.75, 3.05) is 0 Å². The van der Waals surface area contributed by atoms with Crippen molar-refractivity contribution >= 4 is 28.4 Å². The van der Waals surface area contributed by atoms with Crippen molar-refractivity contribution in [3.8, 4) is 0 Å². The van der Waals surface area contributed by atoms with Crippen LogP contribution in [0.3, 0.4) is 0 Å². The Morgan fingerprint density at radius 2 is 1.90 bits per heavy atom. The molecule has 21 heavy (non-hydrogen) atoms. The summed E-state index contributed by atoms with van der Waals surface area (Å²) in [6, 6.07) is 5.71. The molecule has 0 bridgehead atoms. The normalized spacial score (nSPS) is 22.2. The highest BCUT2D eigenvalue weighted by molar-refractivity contribution is 6.68. The molecule has 0 saturated heterocycles. The third kappa shape index (κ3) is 4.72. The molecule has 0 amide bonds. The Balaban J connectivity index is 1.90. The second-order valence-electron chi connectivity index (χ2n) is 6.23. The van der Waals surface area contributed by atoms with Crippen LogP contribution in [0.2, 0.25) is 5.02 Å². The lowest BCUT2D eigenvalue weighted by Gasteiger charge is -2.29. The van der Waals surface area contributed by atoms with Gasteiger partial charge in [0.1, 0.15) is 0 Å². The molecule has 0 N–H and O–H groups in total. The van der Waals surface area contributed by atoms with Crippen LogP contribution in [0.5, 0.6) is 0 Å². The van der Waals surface area contributed by atoms with E-state index < -0.39 is 5.24 Å². The van der Waals surface area contributed by atoms with Crippen LogP contribution in [0.4, 0.5) is 0 Å². The highest BCUT2D eigenvalue weighted by Crippen LogP contribution is 2.38. The average molecular weight is 327 g/mol. The fraction of sp³-hybridized carbons (Fsp3) is 0.611. The number of hydrogen-bond donors (Lipinski definition) is 0. The number of halogens is 2. The van der Waals surface area contributed by atoms with E-state index >= 15 is 0 Å². The largest absolute Gasteiger partial charge is 0.276 e. The molecule has 1 aromatic rings. The summed E-state index contributed by atoms with van der Waals surface area (Å²) in [4.78, 5) is 11.2. The number of carbonyl (C=O) groups is 1. The Hall–Kier alpha value is -0.530. The van der Waals surface area contributed by atoms with Gasteiger partial charge in [0.05, 0.1) is 10.6 Å². The van der Waals surface area contributed by atoms with Gasteiger partial charge in [-0.2, -0.15) is 0 Å². The Morgan fingerprint density at radius 1 is 1.19 bits per heavy atom. The maximum absolute atomic E-state index is 11.2. The van der Waals surface area contributed by atoms with Gasteiger partial charge in [-0.3, -0.25) is 4.79 Å². The number of rotatable bonds is 6. The van der Waals surface area contributed by atoms with E-state index in [1.165, 1.54) is 56.9 Å². The third-order valence-corrected chi connectivity index (χ3v) is 5.26. The van der Waals surface area contributed by atoms with E-state index in [4.69, 9.17) is 23.2 Å². The minimum absolute atomic E-state index is 0.412. The zero-order valence-electron chi connectivity index (χ0n) is 12.7. The lowest BCUT2D eigenvalue weighted by molar-refractivity contribution is 0.108. The van der Waals surface area contributed by atoms with E-state index in [0.717, 1.165) is 5.92 Å². The Morgan fingerprint density at radius 3 is 2.48 bits per heavy atom. The molecule has 1 nitrogen and oxygen atoms in total. The predicted molar refractivity (Wildman–Crippen MR) is 90.5 cm³/mol. The fourth-order valence-electron chi connectivity index (χ4n) is 3.41. The second-order valence-corrected chi connectivity index (χ2v) is 6.98. The number of carbonyl (C=O) groups excluding carboxylic acids is 1. The molecule has 0 aliphatic heterocycles.